The molecule has 0 aromatic rings. The van der Waals surface area contributed by atoms with Crippen LogP contribution in [0.15, 0.2) is 0 Å². The number of hydrogen-bond donors (Lipinski definition) is 1. The molecule has 1 atom stereocenters. The molecule has 1 aliphatic rings. The van der Waals surface area contributed by atoms with Gasteiger partial charge in [0.2, 0.25) is 0 Å². The van der Waals surface area contributed by atoms with E-state index >= 15 is 0 Å². The lowest BCUT2D eigenvalue weighted by molar-refractivity contribution is 0.191. The summed E-state index contributed by atoms with van der Waals surface area (Å²) in [7, 11) is 0. The Hall–Kier alpha value is -0.0800. The maximum atomic E-state index is 3.62. The smallest absolute Gasteiger partial charge is 0.0195 e. The Balaban J connectivity index is 2.11. The summed E-state index contributed by atoms with van der Waals surface area (Å²) in [6.45, 7) is 10.6. The molecule has 2 nitrogen and oxygen atoms in total. The predicted octanol–water partition coefficient (Wildman–Crippen LogP) is 3.42. The van der Waals surface area contributed by atoms with E-state index in [2.05, 4.69) is 31.0 Å². The molecule has 0 radical (unpaired) electrons. The summed E-state index contributed by atoms with van der Waals surface area (Å²) in [6, 6.07) is 1.63. The Morgan fingerprint density at radius 3 is 2.41 bits per heavy atom. The van der Waals surface area contributed by atoms with Crippen LogP contribution in [0.5, 0.6) is 0 Å². The normalized spacial score (nSPS) is 17.6. The van der Waals surface area contributed by atoms with E-state index in [-0.39, 0.29) is 0 Å². The standard InChI is InChI=1S/C15H32N2/c1-4-6-8-11-16-13-14(3)17(12-7-5-2)15-9-10-15/h14-16H,4-13H2,1-3H3. The van der Waals surface area contributed by atoms with Crippen molar-refractivity contribution in [1.82, 2.24) is 10.2 Å². The molecular formula is C15H32N2. The van der Waals surface area contributed by atoms with Crippen molar-refractivity contribution in [2.45, 2.75) is 77.8 Å². The number of nitrogens with one attached hydrogen (secondary N) is 1. The summed E-state index contributed by atoms with van der Waals surface area (Å²) in [5.41, 5.74) is 0. The van der Waals surface area contributed by atoms with Gasteiger partial charge in [0.25, 0.3) is 0 Å². The summed E-state index contributed by atoms with van der Waals surface area (Å²) in [5, 5.41) is 3.62. The number of rotatable bonds is 11. The number of nitrogens with zero attached hydrogens (tertiary/aromatic N) is 1. The molecule has 2 heteroatoms. The summed E-state index contributed by atoms with van der Waals surface area (Å²) >= 11 is 0. The van der Waals surface area contributed by atoms with Crippen LogP contribution in [0.2, 0.25) is 0 Å². The fraction of sp³-hybridized carbons (Fsp3) is 1.00. The lowest BCUT2D eigenvalue weighted by atomic mass is 10.2. The third-order valence-corrected chi connectivity index (χ3v) is 3.75. The highest BCUT2D eigenvalue weighted by Crippen LogP contribution is 2.28. The molecule has 17 heavy (non-hydrogen) atoms. The zero-order chi connectivity index (χ0) is 12.5. The minimum Gasteiger partial charge on any atom is -0.315 e. The third kappa shape index (κ3) is 6.42. The highest BCUT2D eigenvalue weighted by Gasteiger charge is 2.31. The molecule has 1 fully saturated rings. The molecule has 1 saturated carbocycles. The van der Waals surface area contributed by atoms with E-state index < -0.39 is 0 Å². The second-order valence-electron chi connectivity index (χ2n) is 5.58. The second-order valence-corrected chi connectivity index (χ2v) is 5.58. The van der Waals surface area contributed by atoms with E-state index in [0.29, 0.717) is 0 Å². The average Bonchev–Trinajstić information content (AvgIpc) is 3.14. The first-order valence-electron chi connectivity index (χ1n) is 7.76. The van der Waals surface area contributed by atoms with Crippen LogP contribution >= 0.6 is 0 Å². The van der Waals surface area contributed by atoms with Crippen LogP contribution in [0.25, 0.3) is 0 Å². The monoisotopic (exact) mass is 240 g/mol. The molecule has 0 saturated heterocycles. The molecule has 1 aliphatic carbocycles. The number of unbranched alkanes of at least 4 members (excludes halogenated alkanes) is 3. The zero-order valence-electron chi connectivity index (χ0n) is 12.2. The summed E-state index contributed by atoms with van der Waals surface area (Å²) < 4.78 is 0. The number of hydrogen-bond acceptors (Lipinski definition) is 2. The molecular weight excluding hydrogens is 208 g/mol. The topological polar surface area (TPSA) is 15.3 Å². The molecule has 0 bridgehead atoms. The Morgan fingerprint density at radius 2 is 1.82 bits per heavy atom. The van der Waals surface area contributed by atoms with Crippen molar-refractivity contribution in [2.75, 3.05) is 19.6 Å². The van der Waals surface area contributed by atoms with Crippen LogP contribution < -0.4 is 5.32 Å². The molecule has 1 unspecified atom stereocenters. The van der Waals surface area contributed by atoms with Crippen LogP contribution in [0.1, 0.15) is 65.7 Å². The SMILES string of the molecule is CCCCCNCC(C)N(CCCC)C1CC1. The Morgan fingerprint density at radius 1 is 1.12 bits per heavy atom. The van der Waals surface area contributed by atoms with Gasteiger partial charge in [-0.05, 0) is 45.7 Å². The van der Waals surface area contributed by atoms with Gasteiger partial charge >= 0.3 is 0 Å². The van der Waals surface area contributed by atoms with Crippen LogP contribution in [-0.4, -0.2) is 36.6 Å². The fourth-order valence-corrected chi connectivity index (χ4v) is 2.44. The molecule has 0 aliphatic heterocycles. The fourth-order valence-electron chi connectivity index (χ4n) is 2.44. The van der Waals surface area contributed by atoms with Crippen LogP contribution in [0, 0.1) is 0 Å². The minimum absolute atomic E-state index is 0.718. The van der Waals surface area contributed by atoms with Crippen LogP contribution in [0.4, 0.5) is 0 Å². The largest absolute Gasteiger partial charge is 0.315 e. The molecule has 0 spiro atoms. The summed E-state index contributed by atoms with van der Waals surface area (Å²) in [5.74, 6) is 0. The van der Waals surface area contributed by atoms with Gasteiger partial charge in [-0.2, -0.15) is 0 Å². The van der Waals surface area contributed by atoms with Gasteiger partial charge in [0.05, 0.1) is 0 Å². The molecule has 0 heterocycles. The van der Waals surface area contributed by atoms with Crippen molar-refractivity contribution in [3.8, 4) is 0 Å². The summed E-state index contributed by atoms with van der Waals surface area (Å²) in [4.78, 5) is 2.73. The zero-order valence-corrected chi connectivity index (χ0v) is 12.2. The Labute approximate surface area is 108 Å². The van der Waals surface area contributed by atoms with Gasteiger partial charge in [0.15, 0.2) is 0 Å². The molecule has 102 valence electrons. The first kappa shape index (κ1) is 15.0. The maximum absolute atomic E-state index is 3.62. The lowest BCUT2D eigenvalue weighted by Gasteiger charge is -2.29. The van der Waals surface area contributed by atoms with E-state index in [9.17, 15) is 0 Å². The van der Waals surface area contributed by atoms with Gasteiger partial charge in [-0.15, -0.1) is 0 Å². The van der Waals surface area contributed by atoms with Crippen molar-refractivity contribution in [2.24, 2.45) is 0 Å². The van der Waals surface area contributed by atoms with Gasteiger partial charge in [0, 0.05) is 18.6 Å². The summed E-state index contributed by atoms with van der Waals surface area (Å²) in [6.07, 6.45) is 9.57. The predicted molar refractivity (Wildman–Crippen MR) is 76.5 cm³/mol. The average molecular weight is 240 g/mol. The quantitative estimate of drug-likeness (QED) is 0.557. The van der Waals surface area contributed by atoms with E-state index in [1.54, 1.807) is 0 Å². The highest BCUT2D eigenvalue weighted by atomic mass is 15.2. The van der Waals surface area contributed by atoms with Gasteiger partial charge in [-0.3, -0.25) is 4.90 Å². The molecule has 1 rings (SSSR count). The maximum Gasteiger partial charge on any atom is 0.0195 e. The van der Waals surface area contributed by atoms with Gasteiger partial charge in [-0.1, -0.05) is 33.1 Å². The van der Waals surface area contributed by atoms with Gasteiger partial charge in [0.1, 0.15) is 0 Å². The van der Waals surface area contributed by atoms with Gasteiger partial charge < -0.3 is 5.32 Å². The van der Waals surface area contributed by atoms with E-state index in [4.69, 9.17) is 0 Å². The molecule has 0 aromatic carbocycles. The van der Waals surface area contributed by atoms with Crippen molar-refractivity contribution in [3.05, 3.63) is 0 Å². The van der Waals surface area contributed by atoms with E-state index in [1.807, 2.05) is 0 Å². The Kier molecular flexibility index (Phi) is 7.87. The second kappa shape index (κ2) is 8.93. The highest BCUT2D eigenvalue weighted by molar-refractivity contribution is 4.87. The van der Waals surface area contributed by atoms with Gasteiger partial charge in [-0.25, -0.2) is 0 Å². The lowest BCUT2D eigenvalue weighted by Crippen LogP contribution is -2.42. The van der Waals surface area contributed by atoms with Crippen molar-refractivity contribution < 1.29 is 0 Å². The minimum atomic E-state index is 0.718. The third-order valence-electron chi connectivity index (χ3n) is 3.75. The molecule has 0 aromatic heterocycles. The van der Waals surface area contributed by atoms with E-state index in [0.717, 1.165) is 12.1 Å². The molecule has 1 N–H and O–H groups in total. The molecule has 0 amide bonds. The van der Waals surface area contributed by atoms with Crippen molar-refractivity contribution in [3.63, 3.8) is 0 Å². The first-order valence-corrected chi connectivity index (χ1v) is 7.76. The Bertz CT molecular complexity index is 178. The van der Waals surface area contributed by atoms with Crippen molar-refractivity contribution in [1.29, 1.82) is 0 Å². The van der Waals surface area contributed by atoms with Crippen molar-refractivity contribution >= 4 is 0 Å². The van der Waals surface area contributed by atoms with Crippen LogP contribution in [0.3, 0.4) is 0 Å². The first-order chi connectivity index (χ1) is 8.29. The van der Waals surface area contributed by atoms with Crippen LogP contribution in [-0.2, 0) is 0 Å². The van der Waals surface area contributed by atoms with E-state index in [1.165, 1.54) is 64.6 Å².